The summed E-state index contributed by atoms with van der Waals surface area (Å²) < 4.78 is 5.39. The van der Waals surface area contributed by atoms with Crippen LogP contribution >= 0.6 is 11.8 Å². The van der Waals surface area contributed by atoms with Crippen LogP contribution in [0.4, 0.5) is 0 Å². The van der Waals surface area contributed by atoms with Gasteiger partial charge in [-0.25, -0.2) is 4.98 Å². The SMILES string of the molecule is Cc1nc(Sc2ccc(CN)o2)n[nH]1. The lowest BCUT2D eigenvalue weighted by Gasteiger charge is -1.90. The number of nitrogens with one attached hydrogen (secondary N) is 1. The molecule has 0 saturated carbocycles. The third-order valence-corrected chi connectivity index (χ3v) is 2.39. The zero-order valence-electron chi connectivity index (χ0n) is 7.65. The number of hydrogen-bond acceptors (Lipinski definition) is 5. The molecule has 2 heterocycles. The highest BCUT2D eigenvalue weighted by molar-refractivity contribution is 7.99. The Morgan fingerprint density at radius 1 is 1.57 bits per heavy atom. The highest BCUT2D eigenvalue weighted by Crippen LogP contribution is 2.26. The Bertz CT molecular complexity index is 422. The van der Waals surface area contributed by atoms with E-state index in [1.807, 2.05) is 19.1 Å². The predicted octanol–water partition coefficient (Wildman–Crippen LogP) is 1.32. The topological polar surface area (TPSA) is 80.7 Å². The molecule has 3 N–H and O–H groups in total. The molecule has 2 rings (SSSR count). The molecule has 14 heavy (non-hydrogen) atoms. The van der Waals surface area contributed by atoms with Gasteiger partial charge in [-0.2, -0.15) is 0 Å². The Morgan fingerprint density at radius 3 is 3.00 bits per heavy atom. The van der Waals surface area contributed by atoms with Gasteiger partial charge in [0, 0.05) is 0 Å². The highest BCUT2D eigenvalue weighted by atomic mass is 32.2. The molecule has 0 aliphatic rings. The fraction of sp³-hybridized carbons (Fsp3) is 0.250. The van der Waals surface area contributed by atoms with Crippen molar-refractivity contribution in [1.82, 2.24) is 15.2 Å². The summed E-state index contributed by atoms with van der Waals surface area (Å²) in [5.41, 5.74) is 5.42. The first-order chi connectivity index (χ1) is 6.78. The van der Waals surface area contributed by atoms with Gasteiger partial charge in [0.25, 0.3) is 0 Å². The standard InChI is InChI=1S/C8H10N4OS/c1-5-10-8(12-11-5)14-7-3-2-6(4-9)13-7/h2-3H,4,9H2,1H3,(H,10,11,12). The minimum atomic E-state index is 0.410. The molecule has 0 atom stereocenters. The fourth-order valence-electron chi connectivity index (χ4n) is 0.981. The second kappa shape index (κ2) is 3.85. The van der Waals surface area contributed by atoms with E-state index in [2.05, 4.69) is 15.2 Å². The van der Waals surface area contributed by atoms with Crippen LogP contribution in [0.2, 0.25) is 0 Å². The van der Waals surface area contributed by atoms with Crippen molar-refractivity contribution in [2.45, 2.75) is 23.7 Å². The van der Waals surface area contributed by atoms with Gasteiger partial charge >= 0.3 is 0 Å². The van der Waals surface area contributed by atoms with Crippen molar-refractivity contribution in [3.63, 3.8) is 0 Å². The van der Waals surface area contributed by atoms with Crippen molar-refractivity contribution in [1.29, 1.82) is 0 Å². The molecule has 74 valence electrons. The summed E-state index contributed by atoms with van der Waals surface area (Å²) in [5, 5.41) is 8.15. The van der Waals surface area contributed by atoms with Crippen LogP contribution in [0.3, 0.4) is 0 Å². The molecule has 0 unspecified atom stereocenters. The Labute approximate surface area is 85.1 Å². The lowest BCUT2D eigenvalue weighted by molar-refractivity contribution is 0.433. The van der Waals surface area contributed by atoms with Crippen LogP contribution < -0.4 is 5.73 Å². The van der Waals surface area contributed by atoms with Crippen molar-refractivity contribution in [2.75, 3.05) is 0 Å². The fourth-order valence-corrected chi connectivity index (χ4v) is 1.72. The van der Waals surface area contributed by atoms with Crippen LogP contribution in [0, 0.1) is 6.92 Å². The molecule has 0 aromatic carbocycles. The molecule has 0 fully saturated rings. The number of aryl methyl sites for hydroxylation is 1. The number of hydrogen-bond donors (Lipinski definition) is 2. The van der Waals surface area contributed by atoms with Gasteiger partial charge < -0.3 is 10.2 Å². The van der Waals surface area contributed by atoms with E-state index in [0.29, 0.717) is 11.7 Å². The Morgan fingerprint density at radius 2 is 2.43 bits per heavy atom. The molecule has 2 aromatic heterocycles. The largest absolute Gasteiger partial charge is 0.453 e. The van der Waals surface area contributed by atoms with Crippen LogP contribution in [0.1, 0.15) is 11.6 Å². The number of furan rings is 1. The summed E-state index contributed by atoms with van der Waals surface area (Å²) >= 11 is 1.37. The van der Waals surface area contributed by atoms with E-state index in [9.17, 15) is 0 Å². The monoisotopic (exact) mass is 210 g/mol. The second-order valence-electron chi connectivity index (χ2n) is 2.73. The average Bonchev–Trinajstić information content (AvgIpc) is 2.76. The van der Waals surface area contributed by atoms with Crippen molar-refractivity contribution >= 4 is 11.8 Å². The van der Waals surface area contributed by atoms with Crippen molar-refractivity contribution < 1.29 is 4.42 Å². The minimum Gasteiger partial charge on any atom is -0.453 e. The first-order valence-corrected chi connectivity index (χ1v) is 4.95. The van der Waals surface area contributed by atoms with Crippen molar-refractivity contribution in [2.24, 2.45) is 5.73 Å². The van der Waals surface area contributed by atoms with E-state index < -0.39 is 0 Å². The summed E-state index contributed by atoms with van der Waals surface area (Å²) in [4.78, 5) is 4.15. The molecule has 6 heteroatoms. The maximum absolute atomic E-state index is 5.42. The number of nitrogens with zero attached hydrogens (tertiary/aromatic N) is 2. The molecular formula is C8H10N4OS. The van der Waals surface area contributed by atoms with Gasteiger partial charge in [-0.1, -0.05) is 0 Å². The maximum Gasteiger partial charge on any atom is 0.216 e. The van der Waals surface area contributed by atoms with Crippen LogP contribution in [0.5, 0.6) is 0 Å². The van der Waals surface area contributed by atoms with Gasteiger partial charge in [0.1, 0.15) is 11.6 Å². The normalized spacial score (nSPS) is 10.7. The van der Waals surface area contributed by atoms with Gasteiger partial charge in [-0.05, 0) is 30.8 Å². The van der Waals surface area contributed by atoms with E-state index >= 15 is 0 Å². The zero-order valence-corrected chi connectivity index (χ0v) is 8.47. The van der Waals surface area contributed by atoms with Gasteiger partial charge in [0.05, 0.1) is 6.54 Å². The molecule has 0 aliphatic heterocycles. The minimum absolute atomic E-state index is 0.410. The molecule has 5 nitrogen and oxygen atoms in total. The number of aromatic amines is 1. The Balaban J connectivity index is 2.10. The van der Waals surface area contributed by atoms with Gasteiger partial charge in [0.15, 0.2) is 5.09 Å². The van der Waals surface area contributed by atoms with Crippen LogP contribution in [0.25, 0.3) is 0 Å². The van der Waals surface area contributed by atoms with Crippen molar-refractivity contribution in [3.05, 3.63) is 23.7 Å². The number of aromatic nitrogens is 3. The third-order valence-electron chi connectivity index (χ3n) is 1.61. The second-order valence-corrected chi connectivity index (χ2v) is 3.70. The van der Waals surface area contributed by atoms with Crippen LogP contribution in [0.15, 0.2) is 26.8 Å². The van der Waals surface area contributed by atoms with E-state index in [1.165, 1.54) is 11.8 Å². The Hall–Kier alpha value is -1.27. The zero-order chi connectivity index (χ0) is 9.97. The van der Waals surface area contributed by atoms with E-state index in [1.54, 1.807) is 0 Å². The van der Waals surface area contributed by atoms with E-state index in [4.69, 9.17) is 10.2 Å². The first-order valence-electron chi connectivity index (χ1n) is 4.13. The highest BCUT2D eigenvalue weighted by Gasteiger charge is 2.06. The van der Waals surface area contributed by atoms with Crippen LogP contribution in [-0.4, -0.2) is 15.2 Å². The molecule has 0 saturated heterocycles. The number of nitrogens with two attached hydrogens (primary N) is 1. The third kappa shape index (κ3) is 1.97. The van der Waals surface area contributed by atoms with Gasteiger partial charge in [-0.15, -0.1) is 5.10 Å². The average molecular weight is 210 g/mol. The summed E-state index contributed by atoms with van der Waals surface area (Å²) in [5.74, 6) is 1.55. The molecule has 0 radical (unpaired) electrons. The smallest absolute Gasteiger partial charge is 0.216 e. The van der Waals surface area contributed by atoms with Crippen LogP contribution in [-0.2, 0) is 6.54 Å². The molecule has 2 aromatic rings. The number of H-pyrrole nitrogens is 1. The lowest BCUT2D eigenvalue weighted by atomic mass is 10.5. The maximum atomic E-state index is 5.42. The summed E-state index contributed by atoms with van der Waals surface area (Å²) in [6.45, 7) is 2.26. The van der Waals surface area contributed by atoms with Gasteiger partial charge in [-0.3, -0.25) is 5.10 Å². The summed E-state index contributed by atoms with van der Waals surface area (Å²) in [6, 6.07) is 3.71. The predicted molar refractivity (Wildman–Crippen MR) is 51.8 cm³/mol. The summed E-state index contributed by atoms with van der Waals surface area (Å²) in [7, 11) is 0. The molecule has 0 spiro atoms. The molecule has 0 aliphatic carbocycles. The lowest BCUT2D eigenvalue weighted by Crippen LogP contribution is -1.92. The van der Waals surface area contributed by atoms with E-state index in [0.717, 1.165) is 16.7 Å². The van der Waals surface area contributed by atoms with Gasteiger partial charge in [0.2, 0.25) is 5.16 Å². The quantitative estimate of drug-likeness (QED) is 0.798. The first kappa shape index (κ1) is 9.29. The summed E-state index contributed by atoms with van der Waals surface area (Å²) in [6.07, 6.45) is 0. The molecule has 0 amide bonds. The Kier molecular flexibility index (Phi) is 2.55. The van der Waals surface area contributed by atoms with Crippen molar-refractivity contribution in [3.8, 4) is 0 Å². The molecular weight excluding hydrogens is 200 g/mol. The molecule has 0 bridgehead atoms. The van der Waals surface area contributed by atoms with E-state index in [-0.39, 0.29) is 0 Å². The number of rotatable bonds is 3.